The van der Waals surface area contributed by atoms with Crippen LogP contribution in [0.4, 0.5) is 0 Å². The maximum Gasteiger partial charge on any atom is 0.0931 e. The average molecular weight is 253 g/mol. The van der Waals surface area contributed by atoms with Crippen molar-refractivity contribution in [2.75, 3.05) is 6.54 Å². The SMILES string of the molecule is NCC(Cc1nccs1)c1ccc(Cl)cc1. The fourth-order valence-corrected chi connectivity index (χ4v) is 2.46. The first-order chi connectivity index (χ1) is 7.79. The Bertz CT molecular complexity index is 425. The molecule has 0 radical (unpaired) electrons. The second kappa shape index (κ2) is 5.43. The molecule has 0 bridgehead atoms. The van der Waals surface area contributed by atoms with E-state index in [4.69, 9.17) is 17.3 Å². The minimum absolute atomic E-state index is 0.323. The van der Waals surface area contributed by atoms with Crippen LogP contribution < -0.4 is 5.73 Å². The summed E-state index contributed by atoms with van der Waals surface area (Å²) in [6, 6.07) is 7.88. The van der Waals surface area contributed by atoms with Gasteiger partial charge in [-0.25, -0.2) is 4.98 Å². The van der Waals surface area contributed by atoms with Gasteiger partial charge in [0, 0.05) is 28.9 Å². The van der Waals surface area contributed by atoms with Crippen molar-refractivity contribution in [3.05, 3.63) is 51.4 Å². The van der Waals surface area contributed by atoms with Gasteiger partial charge in [0.15, 0.2) is 0 Å². The second-order valence-electron chi connectivity index (χ2n) is 3.61. The van der Waals surface area contributed by atoms with Crippen molar-refractivity contribution in [1.82, 2.24) is 4.98 Å². The molecule has 4 heteroatoms. The topological polar surface area (TPSA) is 38.9 Å². The van der Waals surface area contributed by atoms with E-state index in [0.29, 0.717) is 12.5 Å². The highest BCUT2D eigenvalue weighted by atomic mass is 35.5. The lowest BCUT2D eigenvalue weighted by Gasteiger charge is -2.13. The van der Waals surface area contributed by atoms with Gasteiger partial charge in [-0.2, -0.15) is 0 Å². The van der Waals surface area contributed by atoms with Crippen LogP contribution in [0.15, 0.2) is 35.8 Å². The molecule has 0 aliphatic carbocycles. The van der Waals surface area contributed by atoms with Crippen LogP contribution in [0, 0.1) is 0 Å². The highest BCUT2D eigenvalue weighted by molar-refractivity contribution is 7.09. The number of hydrogen-bond acceptors (Lipinski definition) is 3. The van der Waals surface area contributed by atoms with Crippen LogP contribution in [0.3, 0.4) is 0 Å². The quantitative estimate of drug-likeness (QED) is 0.908. The number of nitrogens with zero attached hydrogens (tertiary/aromatic N) is 1. The molecule has 1 unspecified atom stereocenters. The Labute approximate surface area is 104 Å². The predicted octanol–water partition coefficient (Wildman–Crippen LogP) is 3.08. The summed E-state index contributed by atoms with van der Waals surface area (Å²) in [5.74, 6) is 0.323. The molecule has 2 rings (SSSR count). The minimum Gasteiger partial charge on any atom is -0.330 e. The van der Waals surface area contributed by atoms with Crippen molar-refractivity contribution in [2.24, 2.45) is 5.73 Å². The molecule has 2 nitrogen and oxygen atoms in total. The van der Waals surface area contributed by atoms with E-state index in [1.807, 2.05) is 35.8 Å². The van der Waals surface area contributed by atoms with Gasteiger partial charge in [-0.15, -0.1) is 11.3 Å². The van der Waals surface area contributed by atoms with Gasteiger partial charge in [-0.05, 0) is 24.2 Å². The Morgan fingerprint density at radius 1 is 1.31 bits per heavy atom. The summed E-state index contributed by atoms with van der Waals surface area (Å²) in [5.41, 5.74) is 7.03. The summed E-state index contributed by atoms with van der Waals surface area (Å²) < 4.78 is 0. The maximum atomic E-state index is 5.86. The molecule has 1 atom stereocenters. The summed E-state index contributed by atoms with van der Waals surface area (Å²) in [4.78, 5) is 4.28. The predicted molar refractivity (Wildman–Crippen MR) is 69.1 cm³/mol. The monoisotopic (exact) mass is 252 g/mol. The molecule has 2 N–H and O–H groups in total. The highest BCUT2D eigenvalue weighted by Gasteiger charge is 2.11. The van der Waals surface area contributed by atoms with Crippen molar-refractivity contribution >= 4 is 22.9 Å². The van der Waals surface area contributed by atoms with E-state index < -0.39 is 0 Å². The van der Waals surface area contributed by atoms with Crippen molar-refractivity contribution in [2.45, 2.75) is 12.3 Å². The molecule has 16 heavy (non-hydrogen) atoms. The van der Waals surface area contributed by atoms with Gasteiger partial charge < -0.3 is 5.73 Å². The van der Waals surface area contributed by atoms with Crippen LogP contribution in [-0.4, -0.2) is 11.5 Å². The normalized spacial score (nSPS) is 12.6. The number of nitrogens with two attached hydrogens (primary N) is 1. The molecule has 2 aromatic rings. The van der Waals surface area contributed by atoms with Crippen LogP contribution in [0.1, 0.15) is 16.5 Å². The zero-order valence-corrected chi connectivity index (χ0v) is 10.3. The number of benzene rings is 1. The van der Waals surface area contributed by atoms with E-state index in [2.05, 4.69) is 4.98 Å². The lowest BCUT2D eigenvalue weighted by molar-refractivity contribution is 0.691. The molecular formula is C12H13ClN2S. The van der Waals surface area contributed by atoms with E-state index in [0.717, 1.165) is 16.5 Å². The number of hydrogen-bond donors (Lipinski definition) is 1. The third-order valence-corrected chi connectivity index (χ3v) is 3.58. The van der Waals surface area contributed by atoms with Gasteiger partial charge >= 0.3 is 0 Å². The molecule has 0 saturated heterocycles. The molecule has 84 valence electrons. The third kappa shape index (κ3) is 2.82. The first-order valence-electron chi connectivity index (χ1n) is 5.13. The van der Waals surface area contributed by atoms with Gasteiger partial charge in [0.1, 0.15) is 0 Å². The van der Waals surface area contributed by atoms with Gasteiger partial charge in [-0.3, -0.25) is 0 Å². The average Bonchev–Trinajstić information content (AvgIpc) is 2.80. The van der Waals surface area contributed by atoms with Crippen molar-refractivity contribution < 1.29 is 0 Å². The van der Waals surface area contributed by atoms with Crippen LogP contribution in [0.2, 0.25) is 5.02 Å². The minimum atomic E-state index is 0.323. The Morgan fingerprint density at radius 3 is 2.62 bits per heavy atom. The maximum absolute atomic E-state index is 5.86. The Balaban J connectivity index is 2.13. The van der Waals surface area contributed by atoms with Gasteiger partial charge in [0.2, 0.25) is 0 Å². The molecule has 0 fully saturated rings. The van der Waals surface area contributed by atoms with Crippen LogP contribution in [-0.2, 0) is 6.42 Å². The zero-order chi connectivity index (χ0) is 11.4. The third-order valence-electron chi connectivity index (χ3n) is 2.53. The molecule has 1 heterocycles. The number of rotatable bonds is 4. The van der Waals surface area contributed by atoms with Crippen LogP contribution in [0.5, 0.6) is 0 Å². The lowest BCUT2D eigenvalue weighted by atomic mass is 9.96. The van der Waals surface area contributed by atoms with Gasteiger partial charge in [0.05, 0.1) is 5.01 Å². The van der Waals surface area contributed by atoms with E-state index in [-0.39, 0.29) is 0 Å². The van der Waals surface area contributed by atoms with E-state index >= 15 is 0 Å². The van der Waals surface area contributed by atoms with E-state index in [9.17, 15) is 0 Å². The molecule has 0 spiro atoms. The summed E-state index contributed by atoms with van der Waals surface area (Å²) >= 11 is 7.53. The number of thiazole rings is 1. The molecule has 1 aromatic heterocycles. The Hall–Kier alpha value is -0.900. The second-order valence-corrected chi connectivity index (χ2v) is 5.03. The first-order valence-corrected chi connectivity index (χ1v) is 6.39. The fourth-order valence-electron chi connectivity index (χ4n) is 1.64. The van der Waals surface area contributed by atoms with Crippen LogP contribution >= 0.6 is 22.9 Å². The van der Waals surface area contributed by atoms with Gasteiger partial charge in [0.25, 0.3) is 0 Å². The van der Waals surface area contributed by atoms with Crippen molar-refractivity contribution in [3.63, 3.8) is 0 Å². The number of aromatic nitrogens is 1. The van der Waals surface area contributed by atoms with E-state index in [1.165, 1.54) is 5.56 Å². The molecule has 0 aliphatic rings. The Kier molecular flexibility index (Phi) is 3.93. The molecule has 1 aromatic carbocycles. The summed E-state index contributed by atoms with van der Waals surface area (Å²) in [6.45, 7) is 0.626. The smallest absolute Gasteiger partial charge is 0.0931 e. The summed E-state index contributed by atoms with van der Waals surface area (Å²) in [7, 11) is 0. The lowest BCUT2D eigenvalue weighted by Crippen LogP contribution is -2.14. The van der Waals surface area contributed by atoms with Gasteiger partial charge in [-0.1, -0.05) is 23.7 Å². The van der Waals surface area contributed by atoms with Crippen LogP contribution in [0.25, 0.3) is 0 Å². The highest BCUT2D eigenvalue weighted by Crippen LogP contribution is 2.22. The molecule has 0 aliphatic heterocycles. The van der Waals surface area contributed by atoms with Crippen molar-refractivity contribution in [1.29, 1.82) is 0 Å². The molecule has 0 saturated carbocycles. The summed E-state index contributed by atoms with van der Waals surface area (Å²) in [6.07, 6.45) is 2.73. The summed E-state index contributed by atoms with van der Waals surface area (Å²) in [5, 5.41) is 3.88. The largest absolute Gasteiger partial charge is 0.330 e. The van der Waals surface area contributed by atoms with Crippen molar-refractivity contribution in [3.8, 4) is 0 Å². The zero-order valence-electron chi connectivity index (χ0n) is 8.77. The first kappa shape index (κ1) is 11.6. The molecule has 0 amide bonds. The standard InChI is InChI=1S/C12H13ClN2S/c13-11-3-1-9(2-4-11)10(8-14)7-12-15-5-6-16-12/h1-6,10H,7-8,14H2. The fraction of sp³-hybridized carbons (Fsp3) is 0.250. The Morgan fingerprint density at radius 2 is 2.06 bits per heavy atom. The molecular weight excluding hydrogens is 240 g/mol. The number of halogens is 1. The van der Waals surface area contributed by atoms with E-state index in [1.54, 1.807) is 11.3 Å².